The lowest BCUT2D eigenvalue weighted by Crippen LogP contribution is -2.49. The molecule has 1 fully saturated rings. The van der Waals surface area contributed by atoms with Gasteiger partial charge in [-0.2, -0.15) is 0 Å². The number of carbonyl (C=O) groups excluding carboxylic acids is 1. The van der Waals surface area contributed by atoms with Crippen LogP contribution in [0.4, 0.5) is 0 Å². The zero-order chi connectivity index (χ0) is 10.7. The Morgan fingerprint density at radius 2 is 2.29 bits per heavy atom. The topological polar surface area (TPSA) is 72.3 Å². The minimum Gasteiger partial charge on any atom is -0.369 e. The number of nitrogens with two attached hydrogens (primary N) is 2. The Balaban J connectivity index is 2.36. The lowest BCUT2D eigenvalue weighted by atomic mass is 9.93. The van der Waals surface area contributed by atoms with Crippen LogP contribution in [0, 0.1) is 11.8 Å². The Hall–Kier alpha value is -0.610. The second-order valence-electron chi connectivity index (χ2n) is 4.49. The monoisotopic (exact) mass is 199 g/mol. The van der Waals surface area contributed by atoms with Crippen molar-refractivity contribution in [2.24, 2.45) is 23.3 Å². The van der Waals surface area contributed by atoms with Gasteiger partial charge in [-0.25, -0.2) is 0 Å². The van der Waals surface area contributed by atoms with E-state index in [1.165, 1.54) is 0 Å². The first kappa shape index (κ1) is 11.5. The standard InChI is InChI=1S/C10H21N3O/c1-7-3-4-13(6-9(7)11)5-8(2)10(12)14/h7-9H,3-6,11H2,1-2H3,(H2,12,14). The minimum atomic E-state index is -0.225. The molecule has 1 aliphatic rings. The average molecular weight is 199 g/mol. The second-order valence-corrected chi connectivity index (χ2v) is 4.49. The maximum absolute atomic E-state index is 10.9. The highest BCUT2D eigenvalue weighted by molar-refractivity contribution is 5.76. The SMILES string of the molecule is CC(CN1CCC(C)C(N)C1)C(N)=O. The quantitative estimate of drug-likeness (QED) is 0.660. The molecule has 4 nitrogen and oxygen atoms in total. The van der Waals surface area contributed by atoms with Crippen molar-refractivity contribution in [3.63, 3.8) is 0 Å². The predicted molar refractivity (Wildman–Crippen MR) is 56.6 cm³/mol. The summed E-state index contributed by atoms with van der Waals surface area (Å²) in [4.78, 5) is 13.1. The van der Waals surface area contributed by atoms with Gasteiger partial charge in [-0.3, -0.25) is 4.79 Å². The van der Waals surface area contributed by atoms with Crippen LogP contribution in [-0.2, 0) is 4.79 Å². The van der Waals surface area contributed by atoms with E-state index in [2.05, 4.69) is 11.8 Å². The van der Waals surface area contributed by atoms with Crippen LogP contribution in [0.5, 0.6) is 0 Å². The second kappa shape index (κ2) is 4.75. The zero-order valence-corrected chi connectivity index (χ0v) is 9.07. The van der Waals surface area contributed by atoms with Crippen molar-refractivity contribution in [3.8, 4) is 0 Å². The predicted octanol–water partition coefficient (Wildman–Crippen LogP) is -0.223. The summed E-state index contributed by atoms with van der Waals surface area (Å²) in [6.45, 7) is 6.71. The van der Waals surface area contributed by atoms with E-state index in [1.54, 1.807) is 0 Å². The molecule has 14 heavy (non-hydrogen) atoms. The molecule has 0 aliphatic carbocycles. The Morgan fingerprint density at radius 3 is 2.79 bits per heavy atom. The van der Waals surface area contributed by atoms with Crippen LogP contribution in [0.2, 0.25) is 0 Å². The Kier molecular flexibility index (Phi) is 3.89. The van der Waals surface area contributed by atoms with Crippen molar-refractivity contribution < 1.29 is 4.79 Å². The van der Waals surface area contributed by atoms with E-state index in [4.69, 9.17) is 11.5 Å². The maximum Gasteiger partial charge on any atom is 0.221 e. The minimum absolute atomic E-state index is 0.0735. The highest BCUT2D eigenvalue weighted by Crippen LogP contribution is 2.16. The van der Waals surface area contributed by atoms with E-state index in [0.29, 0.717) is 5.92 Å². The normalized spacial score (nSPS) is 31.4. The molecule has 4 heteroatoms. The molecule has 0 radical (unpaired) electrons. The third-order valence-electron chi connectivity index (χ3n) is 3.12. The number of primary amides is 1. The molecule has 1 saturated heterocycles. The molecule has 0 aromatic heterocycles. The summed E-state index contributed by atoms with van der Waals surface area (Å²) in [7, 11) is 0. The average Bonchev–Trinajstić information content (AvgIpc) is 2.11. The number of amides is 1. The van der Waals surface area contributed by atoms with Gasteiger partial charge >= 0.3 is 0 Å². The van der Waals surface area contributed by atoms with Crippen molar-refractivity contribution in [2.45, 2.75) is 26.3 Å². The molecule has 1 rings (SSSR count). The van der Waals surface area contributed by atoms with Gasteiger partial charge in [0, 0.05) is 25.0 Å². The van der Waals surface area contributed by atoms with Gasteiger partial charge in [-0.1, -0.05) is 13.8 Å². The van der Waals surface area contributed by atoms with Gasteiger partial charge in [0.2, 0.25) is 5.91 Å². The molecular formula is C10H21N3O. The molecule has 0 spiro atoms. The van der Waals surface area contributed by atoms with Gasteiger partial charge in [0.1, 0.15) is 0 Å². The van der Waals surface area contributed by atoms with Crippen molar-refractivity contribution in [2.75, 3.05) is 19.6 Å². The van der Waals surface area contributed by atoms with Crippen molar-refractivity contribution >= 4 is 5.91 Å². The van der Waals surface area contributed by atoms with Gasteiger partial charge in [0.05, 0.1) is 0 Å². The first-order valence-corrected chi connectivity index (χ1v) is 5.28. The van der Waals surface area contributed by atoms with Gasteiger partial charge < -0.3 is 16.4 Å². The Bertz CT molecular complexity index is 208. The number of piperidine rings is 1. The number of carbonyl (C=O) groups is 1. The van der Waals surface area contributed by atoms with Crippen LogP contribution in [-0.4, -0.2) is 36.5 Å². The highest BCUT2D eigenvalue weighted by Gasteiger charge is 2.24. The van der Waals surface area contributed by atoms with Crippen molar-refractivity contribution in [3.05, 3.63) is 0 Å². The third kappa shape index (κ3) is 2.96. The molecule has 3 atom stereocenters. The molecule has 82 valence electrons. The van der Waals surface area contributed by atoms with Crippen LogP contribution in [0.3, 0.4) is 0 Å². The lowest BCUT2D eigenvalue weighted by molar-refractivity contribution is -0.122. The smallest absolute Gasteiger partial charge is 0.221 e. The lowest BCUT2D eigenvalue weighted by Gasteiger charge is -2.35. The van der Waals surface area contributed by atoms with Gasteiger partial charge in [0.25, 0.3) is 0 Å². The van der Waals surface area contributed by atoms with Crippen molar-refractivity contribution in [1.82, 2.24) is 4.90 Å². The number of nitrogens with zero attached hydrogens (tertiary/aromatic N) is 1. The molecule has 4 N–H and O–H groups in total. The van der Waals surface area contributed by atoms with E-state index >= 15 is 0 Å². The molecule has 3 unspecified atom stereocenters. The van der Waals surface area contributed by atoms with E-state index in [1.807, 2.05) is 6.92 Å². The third-order valence-corrected chi connectivity index (χ3v) is 3.12. The van der Waals surface area contributed by atoms with Gasteiger partial charge in [-0.05, 0) is 18.9 Å². The van der Waals surface area contributed by atoms with E-state index < -0.39 is 0 Å². The van der Waals surface area contributed by atoms with Gasteiger partial charge in [0.15, 0.2) is 0 Å². The fourth-order valence-electron chi connectivity index (χ4n) is 1.81. The number of likely N-dealkylation sites (tertiary alicyclic amines) is 1. The molecule has 1 amide bonds. The van der Waals surface area contributed by atoms with Crippen LogP contribution in [0.25, 0.3) is 0 Å². The summed E-state index contributed by atoms with van der Waals surface area (Å²) < 4.78 is 0. The number of rotatable bonds is 3. The van der Waals surface area contributed by atoms with E-state index in [9.17, 15) is 4.79 Å². The van der Waals surface area contributed by atoms with E-state index in [-0.39, 0.29) is 17.9 Å². The number of hydrogen-bond donors (Lipinski definition) is 2. The summed E-state index contributed by atoms with van der Waals surface area (Å²) in [6, 6.07) is 0.240. The van der Waals surface area contributed by atoms with Crippen LogP contribution < -0.4 is 11.5 Å². The largest absolute Gasteiger partial charge is 0.369 e. The molecule has 1 aliphatic heterocycles. The summed E-state index contributed by atoms with van der Waals surface area (Å²) in [5, 5.41) is 0. The Morgan fingerprint density at radius 1 is 1.64 bits per heavy atom. The zero-order valence-electron chi connectivity index (χ0n) is 9.07. The fourth-order valence-corrected chi connectivity index (χ4v) is 1.81. The van der Waals surface area contributed by atoms with Crippen LogP contribution in [0.1, 0.15) is 20.3 Å². The molecule has 0 aromatic carbocycles. The fraction of sp³-hybridized carbons (Fsp3) is 0.900. The molecule has 0 bridgehead atoms. The first-order chi connectivity index (χ1) is 6.50. The molecular weight excluding hydrogens is 178 g/mol. The van der Waals surface area contributed by atoms with Gasteiger partial charge in [-0.15, -0.1) is 0 Å². The maximum atomic E-state index is 10.9. The summed E-state index contributed by atoms with van der Waals surface area (Å²) in [6.07, 6.45) is 1.12. The molecule has 0 saturated carbocycles. The van der Waals surface area contributed by atoms with Crippen molar-refractivity contribution in [1.29, 1.82) is 0 Å². The first-order valence-electron chi connectivity index (χ1n) is 5.28. The summed E-state index contributed by atoms with van der Waals surface area (Å²) in [5.74, 6) is 0.294. The van der Waals surface area contributed by atoms with Crippen LogP contribution in [0.15, 0.2) is 0 Å². The Labute approximate surface area is 85.6 Å². The number of hydrogen-bond acceptors (Lipinski definition) is 3. The highest BCUT2D eigenvalue weighted by atomic mass is 16.1. The van der Waals surface area contributed by atoms with Crippen LogP contribution >= 0.6 is 0 Å². The summed E-state index contributed by atoms with van der Waals surface area (Å²) in [5.41, 5.74) is 11.2. The molecule has 1 heterocycles. The van der Waals surface area contributed by atoms with E-state index in [0.717, 1.165) is 26.1 Å². The summed E-state index contributed by atoms with van der Waals surface area (Å²) >= 11 is 0. The molecule has 0 aromatic rings.